The monoisotopic (exact) mass is 296 g/mol. The Bertz CT molecular complexity index is 750. The molecule has 1 aliphatic carbocycles. The Morgan fingerprint density at radius 1 is 1.10 bits per heavy atom. The molecule has 0 saturated carbocycles. The molecule has 0 atom stereocenters. The van der Waals surface area contributed by atoms with Gasteiger partial charge in [-0.15, -0.1) is 0 Å². The van der Waals surface area contributed by atoms with Gasteiger partial charge in [0.2, 0.25) is 0 Å². The maximum Gasteiger partial charge on any atom is 0.490 e. The number of carboxylic acid groups (broad SMARTS) is 1. The summed E-state index contributed by atoms with van der Waals surface area (Å²) in [7, 11) is 0. The first-order chi connectivity index (χ1) is 9.80. The number of benzene rings is 1. The zero-order valence-electron chi connectivity index (χ0n) is 10.6. The second-order valence-corrected chi connectivity index (χ2v) is 4.24. The lowest BCUT2D eigenvalue weighted by atomic mass is 10.1. The molecule has 21 heavy (non-hydrogen) atoms. The number of carboxylic acids is 1. The summed E-state index contributed by atoms with van der Waals surface area (Å²) in [4.78, 5) is 12.2. The van der Waals surface area contributed by atoms with Crippen LogP contribution in [-0.4, -0.2) is 22.2 Å². The molecule has 0 aromatic heterocycles. The number of nitrogen functional groups attached to an aromatic ring is 1. The van der Waals surface area contributed by atoms with E-state index in [9.17, 15) is 13.2 Å². The van der Waals surface area contributed by atoms with Gasteiger partial charge in [0.25, 0.3) is 0 Å². The Balaban J connectivity index is 0.000000199. The summed E-state index contributed by atoms with van der Waals surface area (Å²) in [5, 5.41) is 8.21. The maximum absolute atomic E-state index is 10.6. The van der Waals surface area contributed by atoms with Crippen LogP contribution in [0.15, 0.2) is 42.5 Å². The van der Waals surface area contributed by atoms with E-state index in [1.807, 2.05) is 42.5 Å². The topological polar surface area (TPSA) is 79.1 Å². The van der Waals surface area contributed by atoms with Gasteiger partial charge in [0.1, 0.15) is 0 Å². The molecule has 110 valence electrons. The molecule has 4 N–H and O–H groups in total. The van der Waals surface area contributed by atoms with Crippen molar-refractivity contribution in [2.75, 3.05) is 5.73 Å². The standard InChI is InChI=1S/C12H10N2.C2HF3O2/c13-12-8-4-1-2-6-10(8)14-11-7-3-5-9(11)12;3-2(4,5)1(6)7/h1-7,14H,13H2;(H,6,7). The molecule has 1 aromatic rings. The molecule has 1 heterocycles. The number of rotatable bonds is 0. The SMILES string of the molecule is Nc1c2cccc-2[nH]c2ccccc12.O=C(O)C(F)(F)F. The number of aromatic amines is 1. The zero-order chi connectivity index (χ0) is 15.6. The van der Waals surface area contributed by atoms with E-state index in [1.165, 1.54) is 0 Å². The van der Waals surface area contributed by atoms with Crippen molar-refractivity contribution in [1.82, 2.24) is 4.98 Å². The van der Waals surface area contributed by atoms with Crippen LogP contribution in [0.2, 0.25) is 0 Å². The first-order valence-electron chi connectivity index (χ1n) is 5.85. The van der Waals surface area contributed by atoms with Crippen LogP contribution in [0.3, 0.4) is 0 Å². The summed E-state index contributed by atoms with van der Waals surface area (Å²) in [6, 6.07) is 14.2. The van der Waals surface area contributed by atoms with Gasteiger partial charge >= 0.3 is 12.1 Å². The molecule has 0 spiro atoms. The number of para-hydroxylation sites is 1. The molecule has 0 amide bonds. The molecule has 1 aromatic carbocycles. The molecule has 1 aliphatic heterocycles. The lowest BCUT2D eigenvalue weighted by Crippen LogP contribution is -2.21. The summed E-state index contributed by atoms with van der Waals surface area (Å²) in [6.45, 7) is 0. The van der Waals surface area contributed by atoms with Crippen molar-refractivity contribution in [2.45, 2.75) is 6.18 Å². The number of pyridine rings is 1. The van der Waals surface area contributed by atoms with Gasteiger partial charge in [0.15, 0.2) is 0 Å². The van der Waals surface area contributed by atoms with Crippen molar-refractivity contribution < 1.29 is 23.1 Å². The van der Waals surface area contributed by atoms with E-state index in [4.69, 9.17) is 15.6 Å². The van der Waals surface area contributed by atoms with Gasteiger partial charge in [-0.25, -0.2) is 4.79 Å². The number of aliphatic carboxylic acids is 1. The number of fused-ring (bicyclic) bond motifs is 2. The summed E-state index contributed by atoms with van der Waals surface area (Å²) < 4.78 is 31.7. The van der Waals surface area contributed by atoms with E-state index in [2.05, 4.69) is 4.98 Å². The van der Waals surface area contributed by atoms with Gasteiger partial charge in [0.05, 0.1) is 5.69 Å². The normalized spacial score (nSPS) is 11.2. The van der Waals surface area contributed by atoms with Gasteiger partial charge < -0.3 is 15.8 Å². The molecule has 0 unspecified atom stereocenters. The third kappa shape index (κ3) is 3.07. The number of aromatic nitrogens is 1. The minimum Gasteiger partial charge on any atom is -0.475 e. The molecular weight excluding hydrogens is 285 g/mol. The highest BCUT2D eigenvalue weighted by atomic mass is 19.4. The number of nitrogens with one attached hydrogen (secondary N) is 1. The number of halogens is 3. The largest absolute Gasteiger partial charge is 0.490 e. The van der Waals surface area contributed by atoms with E-state index in [1.54, 1.807) is 0 Å². The number of carbonyl (C=O) groups is 1. The van der Waals surface area contributed by atoms with E-state index >= 15 is 0 Å². The van der Waals surface area contributed by atoms with Crippen molar-refractivity contribution in [1.29, 1.82) is 0 Å². The third-order valence-corrected chi connectivity index (χ3v) is 2.84. The molecular formula is C14H11F3N2O2. The number of nitrogens with two attached hydrogens (primary N) is 1. The van der Waals surface area contributed by atoms with Crippen LogP contribution in [0.5, 0.6) is 0 Å². The summed E-state index contributed by atoms with van der Waals surface area (Å²) in [6.07, 6.45) is -5.08. The quantitative estimate of drug-likeness (QED) is 0.594. The lowest BCUT2D eigenvalue weighted by molar-refractivity contribution is -0.192. The zero-order valence-corrected chi connectivity index (χ0v) is 10.6. The van der Waals surface area contributed by atoms with Crippen molar-refractivity contribution in [3.8, 4) is 11.3 Å². The van der Waals surface area contributed by atoms with Gasteiger partial charge in [-0.05, 0) is 12.1 Å². The molecule has 0 bridgehead atoms. The fraction of sp³-hybridized carbons (Fsp3) is 0.0714. The smallest absolute Gasteiger partial charge is 0.475 e. The predicted octanol–water partition coefficient (Wildman–Crippen LogP) is 3.49. The van der Waals surface area contributed by atoms with Gasteiger partial charge in [-0.2, -0.15) is 13.2 Å². The molecule has 4 nitrogen and oxygen atoms in total. The Hall–Kier alpha value is -2.70. The highest BCUT2D eigenvalue weighted by Gasteiger charge is 2.38. The maximum atomic E-state index is 10.6. The average molecular weight is 296 g/mol. The van der Waals surface area contributed by atoms with E-state index in [0.717, 1.165) is 27.8 Å². The molecule has 0 radical (unpaired) electrons. The van der Waals surface area contributed by atoms with Crippen LogP contribution in [0.4, 0.5) is 18.9 Å². The van der Waals surface area contributed by atoms with E-state index in [0.29, 0.717) is 0 Å². The minimum atomic E-state index is -5.08. The number of hydrogen-bond donors (Lipinski definition) is 3. The fourth-order valence-electron chi connectivity index (χ4n) is 1.88. The van der Waals surface area contributed by atoms with E-state index in [-0.39, 0.29) is 0 Å². The molecule has 3 rings (SSSR count). The van der Waals surface area contributed by atoms with Crippen LogP contribution in [0.25, 0.3) is 22.2 Å². The Morgan fingerprint density at radius 3 is 2.33 bits per heavy atom. The van der Waals surface area contributed by atoms with Crippen LogP contribution < -0.4 is 5.73 Å². The van der Waals surface area contributed by atoms with Crippen molar-refractivity contribution in [3.63, 3.8) is 0 Å². The molecule has 7 heteroatoms. The molecule has 0 fully saturated rings. The predicted molar refractivity (Wildman–Crippen MR) is 73.0 cm³/mol. The Kier molecular flexibility index (Phi) is 3.75. The van der Waals surface area contributed by atoms with Crippen LogP contribution in [-0.2, 0) is 4.79 Å². The van der Waals surface area contributed by atoms with Crippen molar-refractivity contribution in [3.05, 3.63) is 42.5 Å². The second-order valence-electron chi connectivity index (χ2n) is 4.24. The fourth-order valence-corrected chi connectivity index (χ4v) is 1.88. The van der Waals surface area contributed by atoms with Crippen molar-refractivity contribution in [2.24, 2.45) is 0 Å². The minimum absolute atomic E-state index is 0.861. The molecule has 2 aliphatic rings. The van der Waals surface area contributed by atoms with Gasteiger partial charge in [0, 0.05) is 22.2 Å². The number of alkyl halides is 3. The summed E-state index contributed by atoms with van der Waals surface area (Å²) >= 11 is 0. The van der Waals surface area contributed by atoms with Crippen LogP contribution in [0, 0.1) is 0 Å². The first kappa shape index (κ1) is 14.7. The highest BCUT2D eigenvalue weighted by Crippen LogP contribution is 2.33. The molecule has 0 saturated heterocycles. The van der Waals surface area contributed by atoms with Crippen LogP contribution >= 0.6 is 0 Å². The first-order valence-corrected chi connectivity index (χ1v) is 5.85. The van der Waals surface area contributed by atoms with Crippen LogP contribution in [0.1, 0.15) is 0 Å². The summed E-state index contributed by atoms with van der Waals surface area (Å²) in [5.41, 5.74) is 10.2. The van der Waals surface area contributed by atoms with Gasteiger partial charge in [-0.3, -0.25) is 0 Å². The van der Waals surface area contributed by atoms with Crippen molar-refractivity contribution >= 4 is 22.6 Å². The summed E-state index contributed by atoms with van der Waals surface area (Å²) in [5.74, 6) is -2.76. The average Bonchev–Trinajstić information content (AvgIpc) is 2.87. The second kappa shape index (κ2) is 5.35. The lowest BCUT2D eigenvalue weighted by Gasteiger charge is -2.08. The third-order valence-electron chi connectivity index (χ3n) is 2.84. The Labute approximate surface area is 117 Å². The van der Waals surface area contributed by atoms with E-state index < -0.39 is 12.1 Å². The number of hydrogen-bond acceptors (Lipinski definition) is 2. The number of anilines is 1. The number of H-pyrrole nitrogens is 1. The Morgan fingerprint density at radius 2 is 1.71 bits per heavy atom. The van der Waals surface area contributed by atoms with Gasteiger partial charge in [-0.1, -0.05) is 30.3 Å². The highest BCUT2D eigenvalue weighted by molar-refractivity contribution is 5.99.